The largest absolute Gasteiger partial charge is 0.309 e. The average Bonchev–Trinajstić information content (AvgIpc) is 2.48. The fraction of sp³-hybridized carbons (Fsp3) is 0.389. The van der Waals surface area contributed by atoms with Crippen LogP contribution < -0.4 is 5.32 Å². The van der Waals surface area contributed by atoms with E-state index in [0.29, 0.717) is 6.04 Å². The van der Waals surface area contributed by atoms with Crippen molar-refractivity contribution in [3.8, 4) is 0 Å². The molecule has 0 radical (unpaired) electrons. The third-order valence-electron chi connectivity index (χ3n) is 3.63. The Morgan fingerprint density at radius 1 is 1.10 bits per heavy atom. The number of nitrogens with one attached hydrogen (secondary N) is 1. The molecule has 0 spiro atoms. The summed E-state index contributed by atoms with van der Waals surface area (Å²) in [6.07, 6.45) is 3.70. The molecule has 1 aromatic carbocycles. The molecule has 0 saturated carbocycles. The lowest BCUT2D eigenvalue weighted by molar-refractivity contribution is 0.285. The van der Waals surface area contributed by atoms with E-state index in [2.05, 4.69) is 72.5 Å². The molecule has 0 aliphatic carbocycles. The molecule has 21 heavy (non-hydrogen) atoms. The summed E-state index contributed by atoms with van der Waals surface area (Å²) in [4.78, 5) is 6.42. The smallest absolute Gasteiger partial charge is 0.0449 e. The van der Waals surface area contributed by atoms with Gasteiger partial charge in [-0.1, -0.05) is 36.8 Å². The van der Waals surface area contributed by atoms with Crippen molar-refractivity contribution in [3.05, 3.63) is 65.5 Å². The van der Waals surface area contributed by atoms with Crippen LogP contribution in [0.3, 0.4) is 0 Å². The minimum atomic E-state index is 0.363. The number of hydrogen-bond acceptors (Lipinski definition) is 3. The molecule has 2 aromatic rings. The number of rotatable bonds is 7. The number of hydrogen-bond donors (Lipinski definition) is 1. The number of aromatic nitrogens is 1. The topological polar surface area (TPSA) is 28.2 Å². The van der Waals surface area contributed by atoms with Gasteiger partial charge in [0.15, 0.2) is 0 Å². The summed E-state index contributed by atoms with van der Waals surface area (Å²) in [5.41, 5.74) is 3.95. The van der Waals surface area contributed by atoms with Crippen LogP contribution in [0.2, 0.25) is 0 Å². The quantitative estimate of drug-likeness (QED) is 0.846. The Kier molecular flexibility index (Phi) is 5.90. The van der Waals surface area contributed by atoms with Crippen LogP contribution in [0.5, 0.6) is 0 Å². The second kappa shape index (κ2) is 7.91. The maximum Gasteiger partial charge on any atom is 0.0449 e. The molecule has 0 bridgehead atoms. The van der Waals surface area contributed by atoms with Gasteiger partial charge in [0.2, 0.25) is 0 Å². The van der Waals surface area contributed by atoms with Crippen LogP contribution in [0, 0.1) is 6.92 Å². The van der Waals surface area contributed by atoms with Gasteiger partial charge in [-0.05, 0) is 43.8 Å². The van der Waals surface area contributed by atoms with Crippen molar-refractivity contribution < 1.29 is 0 Å². The number of pyridine rings is 1. The standard InChI is InChI=1S/C18H25N3/c1-4-20-18(17-7-5-15(2)6-8-17)14-21(3)13-16-9-11-19-12-10-16/h5-12,18,20H,4,13-14H2,1-3H3. The van der Waals surface area contributed by atoms with E-state index in [-0.39, 0.29) is 0 Å². The van der Waals surface area contributed by atoms with Crippen LogP contribution in [0.25, 0.3) is 0 Å². The molecular formula is C18H25N3. The Labute approximate surface area is 128 Å². The minimum Gasteiger partial charge on any atom is -0.309 e. The molecule has 1 aromatic heterocycles. The number of nitrogens with zero attached hydrogens (tertiary/aromatic N) is 2. The third kappa shape index (κ3) is 4.96. The van der Waals surface area contributed by atoms with Crippen molar-refractivity contribution in [1.82, 2.24) is 15.2 Å². The van der Waals surface area contributed by atoms with Crippen molar-refractivity contribution in [1.29, 1.82) is 0 Å². The normalized spacial score (nSPS) is 12.6. The van der Waals surface area contributed by atoms with Crippen molar-refractivity contribution in [2.45, 2.75) is 26.4 Å². The van der Waals surface area contributed by atoms with Crippen molar-refractivity contribution in [3.63, 3.8) is 0 Å². The Hall–Kier alpha value is -1.71. The van der Waals surface area contributed by atoms with Crippen LogP contribution in [0.1, 0.15) is 29.7 Å². The van der Waals surface area contributed by atoms with Gasteiger partial charge in [-0.15, -0.1) is 0 Å². The highest BCUT2D eigenvalue weighted by Crippen LogP contribution is 2.16. The van der Waals surface area contributed by atoms with Crippen molar-refractivity contribution in [2.24, 2.45) is 0 Å². The second-order valence-corrected chi connectivity index (χ2v) is 5.57. The van der Waals surface area contributed by atoms with Gasteiger partial charge in [0.1, 0.15) is 0 Å². The van der Waals surface area contributed by atoms with Gasteiger partial charge in [0, 0.05) is 31.5 Å². The predicted molar refractivity (Wildman–Crippen MR) is 88.2 cm³/mol. The van der Waals surface area contributed by atoms with Gasteiger partial charge < -0.3 is 10.2 Å². The first-order valence-corrected chi connectivity index (χ1v) is 7.56. The van der Waals surface area contributed by atoms with Gasteiger partial charge in [-0.3, -0.25) is 4.98 Å². The van der Waals surface area contributed by atoms with E-state index in [9.17, 15) is 0 Å². The fourth-order valence-electron chi connectivity index (χ4n) is 2.51. The second-order valence-electron chi connectivity index (χ2n) is 5.57. The van der Waals surface area contributed by atoms with Crippen LogP contribution in [-0.4, -0.2) is 30.0 Å². The Bertz CT molecular complexity index is 522. The Balaban J connectivity index is 2.00. The molecule has 1 unspecified atom stereocenters. The summed E-state index contributed by atoms with van der Waals surface area (Å²) in [7, 11) is 2.17. The zero-order valence-corrected chi connectivity index (χ0v) is 13.2. The molecule has 112 valence electrons. The first-order valence-electron chi connectivity index (χ1n) is 7.56. The van der Waals surface area contributed by atoms with E-state index in [1.54, 1.807) is 0 Å². The summed E-state index contributed by atoms with van der Waals surface area (Å²) < 4.78 is 0. The zero-order valence-electron chi connectivity index (χ0n) is 13.2. The van der Waals surface area contributed by atoms with Gasteiger partial charge in [-0.2, -0.15) is 0 Å². The maximum atomic E-state index is 4.07. The molecule has 0 aliphatic rings. The lowest BCUT2D eigenvalue weighted by Gasteiger charge is -2.25. The Morgan fingerprint density at radius 2 is 1.76 bits per heavy atom. The van der Waals surface area contributed by atoms with E-state index in [0.717, 1.165) is 19.6 Å². The number of benzene rings is 1. The molecule has 0 amide bonds. The number of aryl methyl sites for hydroxylation is 1. The molecule has 3 heteroatoms. The highest BCUT2D eigenvalue weighted by atomic mass is 15.1. The Morgan fingerprint density at radius 3 is 2.38 bits per heavy atom. The molecule has 0 fully saturated rings. The molecule has 0 aliphatic heterocycles. The number of likely N-dealkylation sites (N-methyl/N-ethyl adjacent to an activating group) is 2. The van der Waals surface area contributed by atoms with Crippen LogP contribution in [0.4, 0.5) is 0 Å². The van der Waals surface area contributed by atoms with Crippen molar-refractivity contribution in [2.75, 3.05) is 20.1 Å². The fourth-order valence-corrected chi connectivity index (χ4v) is 2.51. The summed E-state index contributed by atoms with van der Waals surface area (Å²) in [6.45, 7) is 7.18. The lowest BCUT2D eigenvalue weighted by Crippen LogP contribution is -2.32. The summed E-state index contributed by atoms with van der Waals surface area (Å²) in [5, 5.41) is 3.58. The average molecular weight is 283 g/mol. The van der Waals surface area contributed by atoms with Gasteiger partial charge >= 0.3 is 0 Å². The maximum absolute atomic E-state index is 4.07. The van der Waals surface area contributed by atoms with E-state index in [1.807, 2.05) is 12.4 Å². The first-order chi connectivity index (χ1) is 10.2. The van der Waals surface area contributed by atoms with Crippen LogP contribution in [-0.2, 0) is 6.54 Å². The SMILES string of the molecule is CCNC(CN(C)Cc1ccncc1)c1ccc(C)cc1. The highest BCUT2D eigenvalue weighted by molar-refractivity contribution is 5.24. The van der Waals surface area contributed by atoms with E-state index in [4.69, 9.17) is 0 Å². The molecule has 0 saturated heterocycles. The van der Waals surface area contributed by atoms with Crippen molar-refractivity contribution >= 4 is 0 Å². The highest BCUT2D eigenvalue weighted by Gasteiger charge is 2.13. The summed E-state index contributed by atoms with van der Waals surface area (Å²) >= 11 is 0. The molecule has 2 rings (SSSR count). The van der Waals surface area contributed by atoms with Crippen LogP contribution in [0.15, 0.2) is 48.8 Å². The van der Waals surface area contributed by atoms with E-state index < -0.39 is 0 Å². The molecule has 3 nitrogen and oxygen atoms in total. The molecule has 1 heterocycles. The zero-order chi connectivity index (χ0) is 15.1. The molecular weight excluding hydrogens is 258 g/mol. The first kappa shape index (κ1) is 15.7. The van der Waals surface area contributed by atoms with Gasteiger partial charge in [0.25, 0.3) is 0 Å². The monoisotopic (exact) mass is 283 g/mol. The van der Waals surface area contributed by atoms with E-state index in [1.165, 1.54) is 16.7 Å². The molecule has 1 atom stereocenters. The van der Waals surface area contributed by atoms with Crippen LogP contribution >= 0.6 is 0 Å². The molecule has 1 N–H and O–H groups in total. The van der Waals surface area contributed by atoms with E-state index >= 15 is 0 Å². The lowest BCUT2D eigenvalue weighted by atomic mass is 10.0. The summed E-state index contributed by atoms with van der Waals surface area (Å²) in [6, 6.07) is 13.3. The summed E-state index contributed by atoms with van der Waals surface area (Å²) in [5.74, 6) is 0. The van der Waals surface area contributed by atoms with Gasteiger partial charge in [-0.25, -0.2) is 0 Å². The minimum absolute atomic E-state index is 0.363. The van der Waals surface area contributed by atoms with Gasteiger partial charge in [0.05, 0.1) is 0 Å². The predicted octanol–water partition coefficient (Wildman–Crippen LogP) is 3.17. The third-order valence-corrected chi connectivity index (χ3v) is 3.63.